The number of hydrogen-bond acceptors (Lipinski definition) is 3. The maximum Gasteiger partial charge on any atom is 0.244 e. The Balaban J connectivity index is 2.05. The average molecular weight is 247 g/mol. The van der Waals surface area contributed by atoms with Crippen LogP contribution < -0.4 is 0 Å². The minimum absolute atomic E-state index is 0.220. The first-order chi connectivity index (χ1) is 8.24. The van der Waals surface area contributed by atoms with Gasteiger partial charge in [-0.1, -0.05) is 36.7 Å². The number of halogens is 1. The number of nitrogens with zero attached hydrogens (tertiary/aromatic N) is 2. The molecule has 0 radical (unpaired) electrons. The molecule has 0 fully saturated rings. The molecule has 0 spiro atoms. The number of rotatable bonds is 1. The third-order valence-corrected chi connectivity index (χ3v) is 3.27. The van der Waals surface area contributed by atoms with Gasteiger partial charge in [-0.2, -0.15) is 0 Å². The zero-order chi connectivity index (χ0) is 11.8. The van der Waals surface area contributed by atoms with Gasteiger partial charge in [0.05, 0.1) is 0 Å². The molecular formula is C13H11ClN2O. The Labute approximate surface area is 104 Å². The summed E-state index contributed by atoms with van der Waals surface area (Å²) in [6, 6.07) is 9.80. The molecule has 2 heterocycles. The van der Waals surface area contributed by atoms with Crippen molar-refractivity contribution in [3.8, 4) is 11.5 Å². The third-order valence-electron chi connectivity index (χ3n) is 2.81. The van der Waals surface area contributed by atoms with E-state index in [1.165, 1.54) is 0 Å². The van der Waals surface area contributed by atoms with Gasteiger partial charge in [-0.05, 0) is 12.1 Å². The van der Waals surface area contributed by atoms with Crippen molar-refractivity contribution in [1.29, 1.82) is 0 Å². The second-order valence-electron chi connectivity index (χ2n) is 4.18. The molecule has 86 valence electrons. The van der Waals surface area contributed by atoms with Crippen LogP contribution in [0.1, 0.15) is 12.6 Å². The van der Waals surface area contributed by atoms with Gasteiger partial charge >= 0.3 is 0 Å². The Morgan fingerprint density at radius 3 is 2.82 bits per heavy atom. The van der Waals surface area contributed by atoms with Crippen LogP contribution in [0.25, 0.3) is 11.5 Å². The molecule has 17 heavy (non-hydrogen) atoms. The van der Waals surface area contributed by atoms with Gasteiger partial charge in [0.1, 0.15) is 10.9 Å². The van der Waals surface area contributed by atoms with Gasteiger partial charge in [0.15, 0.2) is 0 Å². The van der Waals surface area contributed by atoms with Gasteiger partial charge in [0, 0.05) is 17.9 Å². The largest absolute Gasteiger partial charge is 0.418 e. The van der Waals surface area contributed by atoms with Crippen molar-refractivity contribution < 1.29 is 4.42 Å². The summed E-state index contributed by atoms with van der Waals surface area (Å²) in [7, 11) is 0. The van der Waals surface area contributed by atoms with Gasteiger partial charge in [0.25, 0.3) is 0 Å². The van der Waals surface area contributed by atoms with E-state index in [1.54, 1.807) is 0 Å². The summed E-state index contributed by atoms with van der Waals surface area (Å²) in [6.45, 7) is 2.03. The molecule has 0 saturated carbocycles. The summed E-state index contributed by atoms with van der Waals surface area (Å²) in [6.07, 6.45) is 0.786. The molecule has 3 rings (SSSR count). The zero-order valence-electron chi connectivity index (χ0n) is 9.35. The van der Waals surface area contributed by atoms with E-state index in [1.807, 2.05) is 37.3 Å². The van der Waals surface area contributed by atoms with E-state index in [0.29, 0.717) is 16.9 Å². The van der Waals surface area contributed by atoms with Crippen molar-refractivity contribution in [3.63, 3.8) is 0 Å². The van der Waals surface area contributed by atoms with Crippen LogP contribution in [-0.4, -0.2) is 10.2 Å². The van der Waals surface area contributed by atoms with Crippen LogP contribution >= 0.6 is 11.6 Å². The van der Waals surface area contributed by atoms with Crippen molar-refractivity contribution in [2.24, 2.45) is 10.9 Å². The highest BCUT2D eigenvalue weighted by Gasteiger charge is 2.23. The first-order valence-corrected chi connectivity index (χ1v) is 5.91. The zero-order valence-corrected chi connectivity index (χ0v) is 10.1. The third kappa shape index (κ3) is 1.87. The minimum Gasteiger partial charge on any atom is -0.418 e. The van der Waals surface area contributed by atoms with Crippen molar-refractivity contribution in [2.75, 3.05) is 0 Å². The number of hydrogen-bond donors (Lipinski definition) is 0. The number of fused-ring (bicyclic) bond motifs is 1. The lowest BCUT2D eigenvalue weighted by atomic mass is 10.1. The molecule has 1 aromatic heterocycles. The summed E-state index contributed by atoms with van der Waals surface area (Å²) >= 11 is 6.01. The van der Waals surface area contributed by atoms with Crippen molar-refractivity contribution >= 4 is 22.7 Å². The number of aliphatic imine (C=N–C) groups is 1. The lowest BCUT2D eigenvalue weighted by molar-refractivity contribution is 0.577. The van der Waals surface area contributed by atoms with Crippen LogP contribution in [0.15, 0.2) is 39.7 Å². The molecule has 1 atom stereocenters. The lowest BCUT2D eigenvalue weighted by Crippen LogP contribution is -2.11. The fraction of sp³-hybridized carbons (Fsp3) is 0.231. The molecule has 1 aromatic carbocycles. The highest BCUT2D eigenvalue weighted by Crippen LogP contribution is 2.33. The molecule has 1 unspecified atom stereocenters. The first-order valence-electron chi connectivity index (χ1n) is 5.53. The monoisotopic (exact) mass is 246 g/mol. The van der Waals surface area contributed by atoms with E-state index in [4.69, 9.17) is 16.0 Å². The maximum absolute atomic E-state index is 6.01. The normalized spacial score (nSPS) is 18.7. The van der Waals surface area contributed by atoms with Crippen LogP contribution in [0.5, 0.6) is 0 Å². The molecule has 0 amide bonds. The first kappa shape index (κ1) is 10.5. The molecule has 1 aliphatic rings. The summed E-state index contributed by atoms with van der Waals surface area (Å²) in [5, 5.41) is 0.591. The Kier molecular flexibility index (Phi) is 2.48. The van der Waals surface area contributed by atoms with Crippen LogP contribution in [0, 0.1) is 5.92 Å². The summed E-state index contributed by atoms with van der Waals surface area (Å²) < 4.78 is 5.63. The number of aromatic nitrogens is 1. The second-order valence-corrected chi connectivity index (χ2v) is 4.56. The molecule has 3 nitrogen and oxygen atoms in total. The Hall–Kier alpha value is -1.61. The standard InChI is InChI=1S/C13H11ClN2O/c1-8-7-10-13(16-11(8)14)17-12(15-10)9-5-3-2-4-6-9/h2-6,8H,7H2,1H3. The van der Waals surface area contributed by atoms with E-state index in [9.17, 15) is 0 Å². The van der Waals surface area contributed by atoms with E-state index >= 15 is 0 Å². The topological polar surface area (TPSA) is 38.4 Å². The quantitative estimate of drug-likeness (QED) is 0.768. The molecule has 0 saturated heterocycles. The minimum atomic E-state index is 0.220. The van der Waals surface area contributed by atoms with Crippen molar-refractivity contribution in [2.45, 2.75) is 13.3 Å². The molecule has 0 aliphatic carbocycles. The van der Waals surface area contributed by atoms with Gasteiger partial charge in [-0.3, -0.25) is 0 Å². The predicted molar refractivity (Wildman–Crippen MR) is 67.8 cm³/mol. The van der Waals surface area contributed by atoms with Crippen LogP contribution in [0.2, 0.25) is 0 Å². The fourth-order valence-electron chi connectivity index (χ4n) is 1.85. The highest BCUT2D eigenvalue weighted by molar-refractivity contribution is 6.66. The Morgan fingerprint density at radius 1 is 1.29 bits per heavy atom. The summed E-state index contributed by atoms with van der Waals surface area (Å²) in [4.78, 5) is 8.70. The van der Waals surface area contributed by atoms with Crippen LogP contribution in [0.3, 0.4) is 0 Å². The second kappa shape index (κ2) is 4.00. The SMILES string of the molecule is CC1Cc2nc(-c3ccccc3)oc2N=C1Cl. The average Bonchev–Trinajstić information content (AvgIpc) is 2.74. The van der Waals surface area contributed by atoms with Crippen molar-refractivity contribution in [3.05, 3.63) is 36.0 Å². The maximum atomic E-state index is 6.01. The van der Waals surface area contributed by atoms with E-state index in [-0.39, 0.29) is 5.92 Å². The van der Waals surface area contributed by atoms with Gasteiger partial charge in [-0.25, -0.2) is 9.98 Å². The Bertz CT molecular complexity index is 574. The molecule has 4 heteroatoms. The van der Waals surface area contributed by atoms with Gasteiger partial charge in [-0.15, -0.1) is 0 Å². The molecule has 2 aromatic rings. The fourth-order valence-corrected chi connectivity index (χ4v) is 2.00. The highest BCUT2D eigenvalue weighted by atomic mass is 35.5. The van der Waals surface area contributed by atoms with Crippen molar-refractivity contribution in [1.82, 2.24) is 4.98 Å². The predicted octanol–water partition coefficient (Wildman–Crippen LogP) is 3.80. The van der Waals surface area contributed by atoms with Crippen LogP contribution in [0.4, 0.5) is 5.88 Å². The summed E-state index contributed by atoms with van der Waals surface area (Å²) in [5.74, 6) is 1.38. The Morgan fingerprint density at radius 2 is 2.06 bits per heavy atom. The van der Waals surface area contributed by atoms with Gasteiger partial charge in [0.2, 0.25) is 11.8 Å². The van der Waals surface area contributed by atoms with E-state index in [0.717, 1.165) is 17.7 Å². The number of oxazole rings is 1. The smallest absolute Gasteiger partial charge is 0.244 e. The summed E-state index contributed by atoms with van der Waals surface area (Å²) in [5.41, 5.74) is 1.85. The molecule has 0 bridgehead atoms. The van der Waals surface area contributed by atoms with Gasteiger partial charge < -0.3 is 4.42 Å². The molecule has 0 N–H and O–H groups in total. The van der Waals surface area contributed by atoms with E-state index in [2.05, 4.69) is 9.98 Å². The molecule has 1 aliphatic heterocycles. The molecular weight excluding hydrogens is 236 g/mol. The van der Waals surface area contributed by atoms with E-state index < -0.39 is 0 Å². The van der Waals surface area contributed by atoms with Crippen LogP contribution in [-0.2, 0) is 6.42 Å². The number of benzene rings is 1. The lowest BCUT2D eigenvalue weighted by Gasteiger charge is -2.11.